The largest absolute Gasteiger partial charge is 0.496 e. The van der Waals surface area contributed by atoms with Gasteiger partial charge in [-0.05, 0) is 48.9 Å². The quantitative estimate of drug-likeness (QED) is 0.534. The van der Waals surface area contributed by atoms with Crippen LogP contribution in [0.25, 0.3) is 11.4 Å². The summed E-state index contributed by atoms with van der Waals surface area (Å²) in [6.07, 6.45) is 0. The number of aryl methyl sites for hydroxylation is 1. The number of hydrogen-bond acceptors (Lipinski definition) is 8. The third-order valence-electron chi connectivity index (χ3n) is 4.54. The highest BCUT2D eigenvalue weighted by molar-refractivity contribution is 7.89. The van der Waals surface area contributed by atoms with Crippen molar-refractivity contribution in [1.82, 2.24) is 14.4 Å². The lowest BCUT2D eigenvalue weighted by Gasteiger charge is -2.16. The Labute approximate surface area is 175 Å². The third-order valence-corrected chi connectivity index (χ3v) is 6.34. The normalized spacial score (nSPS) is 11.5. The molecule has 0 unspecified atom stereocenters. The van der Waals surface area contributed by atoms with Crippen LogP contribution in [-0.4, -0.2) is 51.2 Å². The Hall–Kier alpha value is -3.11. The van der Waals surface area contributed by atoms with Crippen LogP contribution >= 0.6 is 0 Å². The molecule has 0 radical (unpaired) electrons. The fraction of sp³-hybridized carbons (Fsp3) is 0.300. The number of sulfonamides is 1. The average Bonchev–Trinajstić information content (AvgIpc) is 3.21. The predicted octanol–water partition coefficient (Wildman–Crippen LogP) is 2.89. The van der Waals surface area contributed by atoms with E-state index in [1.807, 2.05) is 0 Å². The van der Waals surface area contributed by atoms with Gasteiger partial charge in [0.25, 0.3) is 0 Å². The van der Waals surface area contributed by atoms with E-state index < -0.39 is 10.0 Å². The highest BCUT2D eigenvalue weighted by atomic mass is 32.2. The summed E-state index contributed by atoms with van der Waals surface area (Å²) >= 11 is 0. The lowest BCUT2D eigenvalue weighted by molar-refractivity contribution is 0.336. The number of ether oxygens (including phenoxy) is 3. The van der Waals surface area contributed by atoms with Crippen LogP contribution in [0.4, 0.5) is 0 Å². The first kappa shape index (κ1) is 21.6. The van der Waals surface area contributed by atoms with Gasteiger partial charge in [0, 0.05) is 12.6 Å². The Morgan fingerprint density at radius 3 is 2.27 bits per heavy atom. The van der Waals surface area contributed by atoms with Crippen molar-refractivity contribution >= 4 is 10.0 Å². The summed E-state index contributed by atoms with van der Waals surface area (Å²) < 4.78 is 47.9. The van der Waals surface area contributed by atoms with Gasteiger partial charge in [0.05, 0.1) is 32.8 Å². The highest BCUT2D eigenvalue weighted by Crippen LogP contribution is 2.31. The molecule has 1 heterocycles. The van der Waals surface area contributed by atoms with Crippen LogP contribution in [0.3, 0.4) is 0 Å². The van der Waals surface area contributed by atoms with E-state index >= 15 is 0 Å². The van der Waals surface area contributed by atoms with E-state index in [2.05, 4.69) is 10.1 Å². The summed E-state index contributed by atoms with van der Waals surface area (Å²) in [6, 6.07) is 9.89. The van der Waals surface area contributed by atoms with Gasteiger partial charge < -0.3 is 18.7 Å². The van der Waals surface area contributed by atoms with Gasteiger partial charge in [0.15, 0.2) is 11.5 Å². The van der Waals surface area contributed by atoms with Crippen LogP contribution in [0, 0.1) is 6.92 Å². The number of methoxy groups -OCH3 is 3. The van der Waals surface area contributed by atoms with Crippen LogP contribution in [0.5, 0.6) is 17.2 Å². The van der Waals surface area contributed by atoms with E-state index in [0.717, 1.165) is 9.87 Å². The molecule has 0 bridgehead atoms. The number of hydrogen-bond donors (Lipinski definition) is 0. The molecular weight excluding hydrogens is 410 g/mol. The minimum atomic E-state index is -3.75. The van der Waals surface area contributed by atoms with E-state index in [-0.39, 0.29) is 17.3 Å². The molecule has 0 aliphatic heterocycles. The Kier molecular flexibility index (Phi) is 6.28. The average molecular weight is 433 g/mol. The van der Waals surface area contributed by atoms with Gasteiger partial charge in [0.1, 0.15) is 5.75 Å². The second kappa shape index (κ2) is 8.72. The summed E-state index contributed by atoms with van der Waals surface area (Å²) in [5.41, 5.74) is 1.37. The topological polar surface area (TPSA) is 104 Å². The molecule has 3 rings (SSSR count). The van der Waals surface area contributed by atoms with Gasteiger partial charge in [0.2, 0.25) is 21.7 Å². The first-order chi connectivity index (χ1) is 14.3. The maximum atomic E-state index is 12.9. The molecule has 30 heavy (non-hydrogen) atoms. The Morgan fingerprint density at radius 1 is 0.967 bits per heavy atom. The number of benzene rings is 2. The minimum absolute atomic E-state index is 0.0757. The molecule has 160 valence electrons. The molecule has 0 saturated carbocycles. The van der Waals surface area contributed by atoms with Crippen molar-refractivity contribution in [1.29, 1.82) is 0 Å². The molecule has 0 amide bonds. The van der Waals surface area contributed by atoms with Crippen molar-refractivity contribution in [2.24, 2.45) is 0 Å². The standard InChI is InChI=1S/C20H23N3O6S/c1-13-10-15(7-9-16(13)26-3)30(24,25)23(2)12-19-21-20(22-29-19)14-6-8-17(27-4)18(11-14)28-5/h6-11H,12H2,1-5H3. The van der Waals surface area contributed by atoms with Gasteiger partial charge in [-0.2, -0.15) is 9.29 Å². The number of aromatic nitrogens is 2. The molecule has 3 aromatic rings. The van der Waals surface area contributed by atoms with Crippen molar-refractivity contribution in [2.75, 3.05) is 28.4 Å². The van der Waals surface area contributed by atoms with Crippen molar-refractivity contribution in [3.8, 4) is 28.6 Å². The molecule has 9 nitrogen and oxygen atoms in total. The monoisotopic (exact) mass is 433 g/mol. The van der Waals surface area contributed by atoms with E-state index in [1.54, 1.807) is 44.4 Å². The smallest absolute Gasteiger partial charge is 0.243 e. The lowest BCUT2D eigenvalue weighted by Crippen LogP contribution is -2.26. The minimum Gasteiger partial charge on any atom is -0.496 e. The first-order valence-electron chi connectivity index (χ1n) is 8.96. The summed E-state index contributed by atoms with van der Waals surface area (Å²) in [5.74, 6) is 2.20. The Balaban J connectivity index is 1.80. The van der Waals surface area contributed by atoms with Gasteiger partial charge in [-0.25, -0.2) is 8.42 Å². The van der Waals surface area contributed by atoms with E-state index in [1.165, 1.54) is 27.3 Å². The number of nitrogens with zero attached hydrogens (tertiary/aromatic N) is 3. The molecule has 2 aromatic carbocycles. The predicted molar refractivity (Wildman–Crippen MR) is 109 cm³/mol. The third kappa shape index (κ3) is 4.24. The molecular formula is C20H23N3O6S. The lowest BCUT2D eigenvalue weighted by atomic mass is 10.2. The molecule has 0 saturated heterocycles. The van der Waals surface area contributed by atoms with Crippen molar-refractivity contribution in [2.45, 2.75) is 18.4 Å². The Bertz CT molecular complexity index is 1140. The molecule has 0 aliphatic rings. The molecule has 1 aromatic heterocycles. The zero-order chi connectivity index (χ0) is 21.9. The van der Waals surface area contributed by atoms with Crippen LogP contribution < -0.4 is 14.2 Å². The summed E-state index contributed by atoms with van der Waals surface area (Å²) in [5, 5.41) is 3.94. The van der Waals surface area contributed by atoms with Gasteiger partial charge in [-0.1, -0.05) is 5.16 Å². The molecule has 0 fully saturated rings. The Morgan fingerprint density at radius 2 is 1.63 bits per heavy atom. The first-order valence-corrected chi connectivity index (χ1v) is 10.4. The van der Waals surface area contributed by atoms with Crippen molar-refractivity contribution in [3.63, 3.8) is 0 Å². The van der Waals surface area contributed by atoms with Gasteiger partial charge >= 0.3 is 0 Å². The fourth-order valence-electron chi connectivity index (χ4n) is 2.88. The summed E-state index contributed by atoms with van der Waals surface area (Å²) in [7, 11) is 2.32. The summed E-state index contributed by atoms with van der Waals surface area (Å²) in [6.45, 7) is 1.71. The molecule has 0 atom stereocenters. The second-order valence-electron chi connectivity index (χ2n) is 6.47. The van der Waals surface area contributed by atoms with E-state index in [0.29, 0.717) is 28.6 Å². The second-order valence-corrected chi connectivity index (χ2v) is 8.52. The van der Waals surface area contributed by atoms with Crippen molar-refractivity contribution < 1.29 is 27.2 Å². The van der Waals surface area contributed by atoms with Gasteiger partial charge in [-0.15, -0.1) is 0 Å². The maximum Gasteiger partial charge on any atom is 0.243 e. The molecule has 0 aliphatic carbocycles. The summed E-state index contributed by atoms with van der Waals surface area (Å²) in [4.78, 5) is 4.46. The van der Waals surface area contributed by atoms with Crippen LogP contribution in [0.2, 0.25) is 0 Å². The van der Waals surface area contributed by atoms with Crippen LogP contribution in [0.15, 0.2) is 45.8 Å². The van der Waals surface area contributed by atoms with Crippen molar-refractivity contribution in [3.05, 3.63) is 47.9 Å². The number of rotatable bonds is 8. The van der Waals surface area contributed by atoms with E-state index in [9.17, 15) is 8.42 Å². The maximum absolute atomic E-state index is 12.9. The zero-order valence-corrected chi connectivity index (χ0v) is 18.2. The van der Waals surface area contributed by atoms with Crippen LogP contribution in [-0.2, 0) is 16.6 Å². The highest BCUT2D eigenvalue weighted by Gasteiger charge is 2.24. The molecule has 0 N–H and O–H groups in total. The fourth-order valence-corrected chi connectivity index (χ4v) is 4.08. The zero-order valence-electron chi connectivity index (χ0n) is 17.4. The molecule has 0 spiro atoms. The van der Waals surface area contributed by atoms with Gasteiger partial charge in [-0.3, -0.25) is 0 Å². The van der Waals surface area contributed by atoms with E-state index in [4.69, 9.17) is 18.7 Å². The SMILES string of the molecule is COc1ccc(S(=O)(=O)N(C)Cc2nc(-c3ccc(OC)c(OC)c3)no2)cc1C. The molecule has 10 heteroatoms. The van der Waals surface area contributed by atoms with Crippen LogP contribution in [0.1, 0.15) is 11.5 Å².